The van der Waals surface area contributed by atoms with Gasteiger partial charge in [0.15, 0.2) is 0 Å². The summed E-state index contributed by atoms with van der Waals surface area (Å²) in [7, 11) is 0. The first-order valence-electron chi connectivity index (χ1n) is 10.4. The highest BCUT2D eigenvalue weighted by Crippen LogP contribution is 2.33. The van der Waals surface area contributed by atoms with Gasteiger partial charge in [-0.2, -0.15) is 0 Å². The zero-order chi connectivity index (χ0) is 21.2. The smallest absolute Gasteiger partial charge is 0.263 e. The Morgan fingerprint density at radius 3 is 2.81 bits per heavy atom. The van der Waals surface area contributed by atoms with Crippen LogP contribution in [-0.2, 0) is 11.3 Å². The van der Waals surface area contributed by atoms with E-state index in [1.165, 1.54) is 22.2 Å². The average molecular weight is 451 g/mol. The largest absolute Gasteiger partial charge is 0.334 e. The van der Waals surface area contributed by atoms with Gasteiger partial charge in [-0.3, -0.25) is 19.1 Å². The lowest BCUT2D eigenvalue weighted by Crippen LogP contribution is -2.39. The molecule has 0 spiro atoms. The van der Waals surface area contributed by atoms with Gasteiger partial charge in [-0.1, -0.05) is 18.9 Å². The molecule has 1 fully saturated rings. The van der Waals surface area contributed by atoms with Crippen molar-refractivity contribution in [3.05, 3.63) is 69.7 Å². The molecule has 31 heavy (non-hydrogen) atoms. The highest BCUT2D eigenvalue weighted by molar-refractivity contribution is 7.18. The van der Waals surface area contributed by atoms with Crippen molar-refractivity contribution in [2.75, 3.05) is 6.54 Å². The van der Waals surface area contributed by atoms with Crippen molar-refractivity contribution < 1.29 is 4.79 Å². The summed E-state index contributed by atoms with van der Waals surface area (Å²) in [6.07, 6.45) is 9.15. The Kier molecular flexibility index (Phi) is 5.65. The van der Waals surface area contributed by atoms with Gasteiger partial charge in [-0.25, -0.2) is 4.98 Å². The molecule has 5 rings (SSSR count). The fourth-order valence-corrected chi connectivity index (χ4v) is 5.99. The number of thiophene rings is 2. The summed E-state index contributed by atoms with van der Waals surface area (Å²) < 4.78 is 1.46. The van der Waals surface area contributed by atoms with Crippen LogP contribution >= 0.6 is 22.7 Å². The number of likely N-dealkylation sites (tertiary alicyclic amines) is 1. The third-order valence-corrected chi connectivity index (χ3v) is 7.61. The van der Waals surface area contributed by atoms with Crippen molar-refractivity contribution in [1.29, 1.82) is 0 Å². The van der Waals surface area contributed by atoms with Crippen LogP contribution in [-0.4, -0.2) is 31.9 Å². The summed E-state index contributed by atoms with van der Waals surface area (Å²) in [5.74, 6) is -0.0418. The molecule has 0 bridgehead atoms. The third-order valence-electron chi connectivity index (χ3n) is 5.82. The topological polar surface area (TPSA) is 68.1 Å². The number of pyridine rings is 1. The molecule has 1 atom stereocenters. The van der Waals surface area contributed by atoms with Gasteiger partial charge in [-0.15, -0.1) is 22.7 Å². The minimum absolute atomic E-state index is 0.00306. The molecule has 0 radical (unpaired) electrons. The van der Waals surface area contributed by atoms with E-state index in [0.29, 0.717) is 16.8 Å². The molecule has 1 aliphatic heterocycles. The Bertz CT molecular complexity index is 1250. The highest BCUT2D eigenvalue weighted by atomic mass is 32.1. The molecule has 5 heterocycles. The van der Waals surface area contributed by atoms with Crippen molar-refractivity contribution in [3.63, 3.8) is 0 Å². The molecule has 0 N–H and O–H groups in total. The molecule has 4 aromatic rings. The van der Waals surface area contributed by atoms with Crippen LogP contribution in [0.4, 0.5) is 0 Å². The molecule has 0 aromatic carbocycles. The molecular weight excluding hydrogens is 428 g/mol. The molecule has 8 heteroatoms. The maximum absolute atomic E-state index is 13.4. The maximum atomic E-state index is 13.4. The van der Waals surface area contributed by atoms with Crippen LogP contribution in [0.15, 0.2) is 58.5 Å². The van der Waals surface area contributed by atoms with E-state index in [9.17, 15) is 9.59 Å². The number of hydrogen-bond acceptors (Lipinski definition) is 6. The Morgan fingerprint density at radius 2 is 2.00 bits per heavy atom. The SMILES string of the molecule is O=C(Cn1cnc2scc(-c3cccs3)c2c1=O)N1CCCCCC1c1ccncc1. The van der Waals surface area contributed by atoms with E-state index in [2.05, 4.69) is 9.97 Å². The van der Waals surface area contributed by atoms with E-state index in [1.54, 1.807) is 23.7 Å². The molecule has 1 unspecified atom stereocenters. The van der Waals surface area contributed by atoms with Crippen LogP contribution in [0.2, 0.25) is 0 Å². The van der Waals surface area contributed by atoms with Gasteiger partial charge in [-0.05, 0) is 42.0 Å². The molecule has 4 aromatic heterocycles. The number of nitrogens with zero attached hydrogens (tertiary/aromatic N) is 4. The standard InChI is InChI=1S/C23H22N4O2S2/c28-20(27-11-3-1-2-5-18(27)16-7-9-24-10-8-16)13-26-15-25-22-21(23(26)29)17(14-31-22)19-6-4-12-30-19/h4,6-10,12,14-15,18H,1-3,5,11,13H2. The predicted molar refractivity (Wildman–Crippen MR) is 124 cm³/mol. The minimum Gasteiger partial charge on any atom is -0.334 e. The lowest BCUT2D eigenvalue weighted by atomic mass is 10.0. The van der Waals surface area contributed by atoms with E-state index in [1.807, 2.05) is 39.9 Å². The molecule has 6 nitrogen and oxygen atoms in total. The normalized spacial score (nSPS) is 17.0. The fourth-order valence-electron chi connectivity index (χ4n) is 4.27. The van der Waals surface area contributed by atoms with Crippen LogP contribution in [0.5, 0.6) is 0 Å². The van der Waals surface area contributed by atoms with Crippen molar-refractivity contribution in [2.24, 2.45) is 0 Å². The lowest BCUT2D eigenvalue weighted by Gasteiger charge is -2.30. The summed E-state index contributed by atoms with van der Waals surface area (Å²) in [6, 6.07) is 7.96. The van der Waals surface area contributed by atoms with Crippen LogP contribution in [0, 0.1) is 0 Å². The first-order valence-corrected chi connectivity index (χ1v) is 12.2. The molecule has 0 aliphatic carbocycles. The number of aromatic nitrogens is 3. The average Bonchev–Trinajstić information content (AvgIpc) is 3.41. The Balaban J connectivity index is 1.47. The molecular formula is C23H22N4O2S2. The molecule has 158 valence electrons. The summed E-state index contributed by atoms with van der Waals surface area (Å²) in [4.78, 5) is 38.9. The quantitative estimate of drug-likeness (QED) is 0.451. The van der Waals surface area contributed by atoms with Gasteiger partial charge in [0.1, 0.15) is 11.4 Å². The number of carbonyl (C=O) groups is 1. The lowest BCUT2D eigenvalue weighted by molar-refractivity contribution is -0.134. The first kappa shape index (κ1) is 20.1. The van der Waals surface area contributed by atoms with E-state index in [-0.39, 0.29) is 24.1 Å². The van der Waals surface area contributed by atoms with Crippen molar-refractivity contribution in [2.45, 2.75) is 38.3 Å². The second-order valence-electron chi connectivity index (χ2n) is 7.72. The number of amides is 1. The van der Waals surface area contributed by atoms with Gasteiger partial charge in [0.2, 0.25) is 5.91 Å². The predicted octanol–water partition coefficient (Wildman–Crippen LogP) is 4.73. The first-order chi connectivity index (χ1) is 15.2. The van der Waals surface area contributed by atoms with Crippen LogP contribution in [0.1, 0.15) is 37.3 Å². The van der Waals surface area contributed by atoms with Gasteiger partial charge >= 0.3 is 0 Å². The Morgan fingerprint density at radius 1 is 1.13 bits per heavy atom. The zero-order valence-corrected chi connectivity index (χ0v) is 18.6. The zero-order valence-electron chi connectivity index (χ0n) is 16.9. The molecule has 0 saturated carbocycles. The number of hydrogen-bond donors (Lipinski definition) is 0. The Hall–Kier alpha value is -2.84. The van der Waals surface area contributed by atoms with E-state index < -0.39 is 0 Å². The summed E-state index contributed by atoms with van der Waals surface area (Å²) in [5, 5.41) is 4.57. The van der Waals surface area contributed by atoms with Crippen LogP contribution in [0.3, 0.4) is 0 Å². The fraction of sp³-hybridized carbons (Fsp3) is 0.304. The highest BCUT2D eigenvalue weighted by Gasteiger charge is 2.27. The molecule has 1 saturated heterocycles. The molecule has 1 amide bonds. The summed E-state index contributed by atoms with van der Waals surface area (Å²) in [6.45, 7) is 0.707. The van der Waals surface area contributed by atoms with Crippen molar-refractivity contribution in [1.82, 2.24) is 19.4 Å². The number of carbonyl (C=O) groups excluding carboxylic acids is 1. The van der Waals surface area contributed by atoms with Gasteiger partial charge < -0.3 is 4.90 Å². The summed E-state index contributed by atoms with van der Waals surface area (Å²) in [5.41, 5.74) is 1.85. The van der Waals surface area contributed by atoms with Gasteiger partial charge in [0, 0.05) is 34.8 Å². The third kappa shape index (κ3) is 3.93. The van der Waals surface area contributed by atoms with Crippen LogP contribution < -0.4 is 5.56 Å². The van der Waals surface area contributed by atoms with Crippen LogP contribution in [0.25, 0.3) is 20.7 Å². The Labute approximate surface area is 187 Å². The monoisotopic (exact) mass is 450 g/mol. The second kappa shape index (κ2) is 8.72. The van der Waals surface area contributed by atoms with Crippen molar-refractivity contribution in [3.8, 4) is 10.4 Å². The van der Waals surface area contributed by atoms with Gasteiger partial charge in [0.05, 0.1) is 17.8 Å². The second-order valence-corrected chi connectivity index (χ2v) is 9.52. The molecule has 1 aliphatic rings. The van der Waals surface area contributed by atoms with Gasteiger partial charge in [0.25, 0.3) is 5.56 Å². The van der Waals surface area contributed by atoms with Crippen molar-refractivity contribution >= 4 is 38.8 Å². The summed E-state index contributed by atoms with van der Waals surface area (Å²) >= 11 is 3.06. The van der Waals surface area contributed by atoms with E-state index in [0.717, 1.165) is 41.7 Å². The number of rotatable bonds is 4. The van der Waals surface area contributed by atoms with E-state index >= 15 is 0 Å². The minimum atomic E-state index is -0.154. The number of fused-ring (bicyclic) bond motifs is 1. The maximum Gasteiger partial charge on any atom is 0.263 e. The van der Waals surface area contributed by atoms with E-state index in [4.69, 9.17) is 0 Å².